The van der Waals surface area contributed by atoms with Gasteiger partial charge in [0.2, 0.25) is 0 Å². The summed E-state index contributed by atoms with van der Waals surface area (Å²) >= 11 is 5.89. The molecular formula is C18H15ClN2O3S. The van der Waals surface area contributed by atoms with Gasteiger partial charge in [0, 0.05) is 11.2 Å². The highest BCUT2D eigenvalue weighted by Gasteiger charge is 2.40. The number of amides is 1. The Hall–Kier alpha value is -2.44. The van der Waals surface area contributed by atoms with Crippen LogP contribution in [0.5, 0.6) is 0 Å². The van der Waals surface area contributed by atoms with Crippen LogP contribution in [0.3, 0.4) is 0 Å². The number of aliphatic imine (C=N–C) groups is 1. The first kappa shape index (κ1) is 17.4. The van der Waals surface area contributed by atoms with E-state index in [0.29, 0.717) is 10.6 Å². The third-order valence-corrected chi connectivity index (χ3v) is 5.49. The molecule has 1 amide bonds. The molecule has 0 saturated heterocycles. The van der Waals surface area contributed by atoms with E-state index >= 15 is 0 Å². The van der Waals surface area contributed by atoms with E-state index in [9.17, 15) is 13.2 Å². The number of hydrogen-bond donors (Lipinski definition) is 1. The Labute approximate surface area is 151 Å². The van der Waals surface area contributed by atoms with Gasteiger partial charge in [-0.3, -0.25) is 9.79 Å². The zero-order chi connectivity index (χ0) is 18.1. The van der Waals surface area contributed by atoms with E-state index in [1.54, 1.807) is 48.6 Å². The first-order valence-electron chi connectivity index (χ1n) is 7.46. The van der Waals surface area contributed by atoms with Gasteiger partial charge in [0.15, 0.2) is 5.54 Å². The summed E-state index contributed by atoms with van der Waals surface area (Å²) < 4.78 is 27.1. The maximum atomic E-state index is 12.8. The molecule has 1 atom stereocenters. The summed E-state index contributed by atoms with van der Waals surface area (Å²) in [5.74, 6) is -0.750. The van der Waals surface area contributed by atoms with Crippen LogP contribution in [-0.2, 0) is 20.4 Å². The van der Waals surface area contributed by atoms with Gasteiger partial charge < -0.3 is 0 Å². The van der Waals surface area contributed by atoms with E-state index in [4.69, 9.17) is 11.6 Å². The Kier molecular flexibility index (Phi) is 4.49. The van der Waals surface area contributed by atoms with Crippen LogP contribution >= 0.6 is 11.6 Å². The lowest BCUT2D eigenvalue weighted by atomic mass is 9.90. The lowest BCUT2D eigenvalue weighted by molar-refractivity contribution is -0.123. The maximum Gasteiger partial charge on any atom is 0.270 e. The number of nitrogens with zero attached hydrogens (tertiary/aromatic N) is 1. The van der Waals surface area contributed by atoms with Crippen molar-refractivity contribution in [1.29, 1.82) is 0 Å². The Morgan fingerprint density at radius 2 is 1.72 bits per heavy atom. The molecular weight excluding hydrogens is 360 g/mol. The van der Waals surface area contributed by atoms with Gasteiger partial charge in [-0.25, -0.2) is 13.1 Å². The summed E-state index contributed by atoms with van der Waals surface area (Å²) in [4.78, 5) is 17.0. The first-order chi connectivity index (χ1) is 11.8. The van der Waals surface area contributed by atoms with Crippen molar-refractivity contribution in [2.45, 2.75) is 17.4 Å². The van der Waals surface area contributed by atoms with Gasteiger partial charge in [0.1, 0.15) is 0 Å². The normalized spacial score (nSPS) is 19.1. The van der Waals surface area contributed by atoms with Crippen LogP contribution in [0.1, 0.15) is 11.1 Å². The number of halogens is 1. The molecule has 1 aliphatic heterocycles. The number of aryl methyl sites for hydroxylation is 1. The second-order valence-electron chi connectivity index (χ2n) is 5.66. The maximum absolute atomic E-state index is 12.8. The summed E-state index contributed by atoms with van der Waals surface area (Å²) in [6.07, 6.45) is 4.62. The van der Waals surface area contributed by atoms with Gasteiger partial charge in [-0.1, -0.05) is 41.4 Å². The van der Waals surface area contributed by atoms with Gasteiger partial charge in [0.05, 0.1) is 4.90 Å². The predicted molar refractivity (Wildman–Crippen MR) is 97.3 cm³/mol. The number of benzene rings is 2. The minimum absolute atomic E-state index is 0.0173. The van der Waals surface area contributed by atoms with Crippen molar-refractivity contribution in [1.82, 2.24) is 4.72 Å². The van der Waals surface area contributed by atoms with Crippen LogP contribution in [0.4, 0.5) is 0 Å². The smallest absolute Gasteiger partial charge is 0.270 e. The van der Waals surface area contributed by atoms with Crippen LogP contribution in [0.2, 0.25) is 5.02 Å². The number of carbonyl (C=O) groups is 1. The zero-order valence-electron chi connectivity index (χ0n) is 13.3. The molecule has 25 heavy (non-hydrogen) atoms. The van der Waals surface area contributed by atoms with Crippen LogP contribution in [-0.4, -0.2) is 20.5 Å². The molecule has 2 aromatic rings. The third-order valence-electron chi connectivity index (χ3n) is 3.89. The van der Waals surface area contributed by atoms with Gasteiger partial charge in [-0.15, -0.1) is 0 Å². The molecule has 2 aromatic carbocycles. The van der Waals surface area contributed by atoms with Gasteiger partial charge in [-0.2, -0.15) is 0 Å². The number of hydrogen-bond acceptors (Lipinski definition) is 4. The summed E-state index contributed by atoms with van der Waals surface area (Å²) in [5, 5.41) is 0.512. The van der Waals surface area contributed by atoms with Gasteiger partial charge >= 0.3 is 0 Å². The number of carbonyl (C=O) groups excluding carboxylic acids is 1. The molecule has 128 valence electrons. The summed E-state index contributed by atoms with van der Waals surface area (Å²) in [7, 11) is -4.00. The SMILES string of the molecule is Cc1ccc(S(=O)(=O)NC(=O)C2(c3ccc(Cl)cc3)C=CC=N2)cc1. The topological polar surface area (TPSA) is 75.6 Å². The highest BCUT2D eigenvalue weighted by atomic mass is 35.5. The standard InChI is InChI=1S/C18H15ClN2O3S/c1-13-3-9-16(10-4-13)25(23,24)21-17(22)18(11-2-12-20-18)14-5-7-15(19)8-6-14/h2-12H,1H3,(H,21,22). The summed E-state index contributed by atoms with van der Waals surface area (Å²) in [6, 6.07) is 12.8. The van der Waals surface area contributed by atoms with Crippen LogP contribution in [0.25, 0.3) is 0 Å². The van der Waals surface area contributed by atoms with Crippen molar-refractivity contribution >= 4 is 33.7 Å². The van der Waals surface area contributed by atoms with Crippen molar-refractivity contribution in [3.05, 3.63) is 76.8 Å². The first-order valence-corrected chi connectivity index (χ1v) is 9.33. The molecule has 0 aliphatic carbocycles. The fraction of sp³-hybridized carbons (Fsp3) is 0.111. The molecule has 5 nitrogen and oxygen atoms in total. The number of rotatable bonds is 4. The fourth-order valence-electron chi connectivity index (χ4n) is 2.50. The highest BCUT2D eigenvalue weighted by Crippen LogP contribution is 2.32. The second kappa shape index (κ2) is 6.46. The molecule has 1 heterocycles. The number of allylic oxidation sites excluding steroid dienone is 1. The molecule has 0 radical (unpaired) electrons. The molecule has 0 spiro atoms. The van der Waals surface area contributed by atoms with E-state index in [-0.39, 0.29) is 4.90 Å². The Morgan fingerprint density at radius 1 is 1.08 bits per heavy atom. The molecule has 1 aliphatic rings. The quantitative estimate of drug-likeness (QED) is 0.893. The van der Waals surface area contributed by atoms with Gasteiger partial charge in [0.25, 0.3) is 15.9 Å². The highest BCUT2D eigenvalue weighted by molar-refractivity contribution is 7.90. The molecule has 3 rings (SSSR count). The Bertz CT molecular complexity index is 950. The molecule has 0 saturated carbocycles. The van der Waals surface area contributed by atoms with Gasteiger partial charge in [-0.05, 0) is 48.9 Å². The molecule has 0 aromatic heterocycles. The van der Waals surface area contributed by atoms with Crippen molar-refractivity contribution in [2.24, 2.45) is 4.99 Å². The van der Waals surface area contributed by atoms with Crippen molar-refractivity contribution in [2.75, 3.05) is 0 Å². The van der Waals surface area contributed by atoms with E-state index in [1.165, 1.54) is 18.3 Å². The lowest BCUT2D eigenvalue weighted by Gasteiger charge is -2.23. The molecule has 0 fully saturated rings. The van der Waals surface area contributed by atoms with Crippen LogP contribution in [0.15, 0.2) is 70.6 Å². The molecule has 1 N–H and O–H groups in total. The zero-order valence-corrected chi connectivity index (χ0v) is 14.9. The minimum atomic E-state index is -4.00. The average Bonchev–Trinajstić information content (AvgIpc) is 3.06. The number of nitrogens with one attached hydrogen (secondary N) is 1. The lowest BCUT2D eigenvalue weighted by Crippen LogP contribution is -2.43. The average molecular weight is 375 g/mol. The Balaban J connectivity index is 1.95. The monoisotopic (exact) mass is 374 g/mol. The largest absolute Gasteiger partial charge is 0.270 e. The van der Waals surface area contributed by atoms with Crippen molar-refractivity contribution in [3.8, 4) is 0 Å². The van der Waals surface area contributed by atoms with E-state index in [1.807, 2.05) is 6.92 Å². The molecule has 7 heteroatoms. The predicted octanol–water partition coefficient (Wildman–Crippen LogP) is 2.99. The third kappa shape index (κ3) is 3.36. The molecule has 0 bridgehead atoms. The van der Waals surface area contributed by atoms with Crippen molar-refractivity contribution in [3.63, 3.8) is 0 Å². The summed E-state index contributed by atoms with van der Waals surface area (Å²) in [6.45, 7) is 1.85. The fourth-order valence-corrected chi connectivity index (χ4v) is 3.64. The Morgan fingerprint density at radius 3 is 2.28 bits per heavy atom. The second-order valence-corrected chi connectivity index (χ2v) is 7.78. The minimum Gasteiger partial charge on any atom is -0.270 e. The van der Waals surface area contributed by atoms with E-state index < -0.39 is 21.5 Å². The molecule has 1 unspecified atom stereocenters. The summed E-state index contributed by atoms with van der Waals surface area (Å²) in [5.41, 5.74) is 0.0206. The van der Waals surface area contributed by atoms with E-state index in [2.05, 4.69) is 9.71 Å². The van der Waals surface area contributed by atoms with Crippen LogP contribution in [0, 0.1) is 6.92 Å². The van der Waals surface area contributed by atoms with Crippen molar-refractivity contribution < 1.29 is 13.2 Å². The van der Waals surface area contributed by atoms with E-state index in [0.717, 1.165) is 5.56 Å². The number of sulfonamides is 1. The van der Waals surface area contributed by atoms with Crippen LogP contribution < -0.4 is 4.72 Å².